The van der Waals surface area contributed by atoms with Crippen LogP contribution in [0.25, 0.3) is 0 Å². The van der Waals surface area contributed by atoms with E-state index in [9.17, 15) is 0 Å². The molecule has 0 bridgehead atoms. The summed E-state index contributed by atoms with van der Waals surface area (Å²) in [5, 5.41) is 0. The van der Waals surface area contributed by atoms with Crippen LogP contribution in [0.5, 0.6) is 0 Å². The summed E-state index contributed by atoms with van der Waals surface area (Å²) in [5.41, 5.74) is 1.35. The second kappa shape index (κ2) is 4.11. The standard InChI is InChI=1S/C12H22/c1-5-12-10(4)8-11(12)7-6-9(2)3/h10-12H,2,5-8H2,1,3-4H3. The van der Waals surface area contributed by atoms with Gasteiger partial charge in [-0.1, -0.05) is 25.8 Å². The Morgan fingerprint density at radius 1 is 1.50 bits per heavy atom. The molecule has 1 saturated carbocycles. The minimum absolute atomic E-state index is 0.991. The molecule has 70 valence electrons. The average Bonchev–Trinajstić information content (AvgIpc) is 1.97. The maximum Gasteiger partial charge on any atom is -0.0323 e. The molecule has 0 heteroatoms. The van der Waals surface area contributed by atoms with Gasteiger partial charge in [0.1, 0.15) is 0 Å². The highest BCUT2D eigenvalue weighted by molar-refractivity contribution is 4.92. The van der Waals surface area contributed by atoms with Gasteiger partial charge in [-0.05, 0) is 43.9 Å². The van der Waals surface area contributed by atoms with E-state index in [0.717, 1.165) is 17.8 Å². The van der Waals surface area contributed by atoms with Crippen molar-refractivity contribution in [3.05, 3.63) is 12.2 Å². The third-order valence-corrected chi connectivity index (χ3v) is 3.42. The fourth-order valence-electron chi connectivity index (χ4n) is 2.60. The first-order chi connectivity index (χ1) is 5.65. The summed E-state index contributed by atoms with van der Waals surface area (Å²) in [7, 11) is 0. The molecular weight excluding hydrogens is 144 g/mol. The summed E-state index contributed by atoms with van der Waals surface area (Å²) in [6, 6.07) is 0. The van der Waals surface area contributed by atoms with E-state index < -0.39 is 0 Å². The molecule has 0 aromatic heterocycles. The van der Waals surface area contributed by atoms with Crippen LogP contribution in [0.4, 0.5) is 0 Å². The highest BCUT2D eigenvalue weighted by Crippen LogP contribution is 2.44. The lowest BCUT2D eigenvalue weighted by Gasteiger charge is -2.43. The zero-order valence-electron chi connectivity index (χ0n) is 8.77. The van der Waals surface area contributed by atoms with E-state index >= 15 is 0 Å². The number of hydrogen-bond acceptors (Lipinski definition) is 0. The molecular formula is C12H22. The molecule has 0 heterocycles. The topological polar surface area (TPSA) is 0 Å². The lowest BCUT2D eigenvalue weighted by Crippen LogP contribution is -2.34. The third kappa shape index (κ3) is 2.12. The minimum atomic E-state index is 0.991. The van der Waals surface area contributed by atoms with Gasteiger partial charge in [-0.2, -0.15) is 0 Å². The van der Waals surface area contributed by atoms with E-state index in [1.807, 2.05) is 0 Å². The lowest BCUT2D eigenvalue weighted by atomic mass is 9.63. The van der Waals surface area contributed by atoms with Gasteiger partial charge in [0, 0.05) is 0 Å². The molecule has 1 rings (SSSR count). The molecule has 1 fully saturated rings. The van der Waals surface area contributed by atoms with Gasteiger partial charge >= 0.3 is 0 Å². The van der Waals surface area contributed by atoms with Gasteiger partial charge in [-0.15, -0.1) is 6.58 Å². The van der Waals surface area contributed by atoms with Crippen molar-refractivity contribution >= 4 is 0 Å². The van der Waals surface area contributed by atoms with Crippen molar-refractivity contribution in [2.45, 2.75) is 46.5 Å². The van der Waals surface area contributed by atoms with Gasteiger partial charge < -0.3 is 0 Å². The number of allylic oxidation sites excluding steroid dienone is 1. The molecule has 0 aromatic carbocycles. The Morgan fingerprint density at radius 3 is 2.58 bits per heavy atom. The first kappa shape index (κ1) is 9.83. The molecule has 0 aromatic rings. The Morgan fingerprint density at radius 2 is 2.17 bits per heavy atom. The Hall–Kier alpha value is -0.260. The van der Waals surface area contributed by atoms with Gasteiger partial charge in [-0.3, -0.25) is 0 Å². The van der Waals surface area contributed by atoms with Crippen LogP contribution in [0.2, 0.25) is 0 Å². The summed E-state index contributed by atoms with van der Waals surface area (Å²) in [5.74, 6) is 3.02. The van der Waals surface area contributed by atoms with Gasteiger partial charge in [0.2, 0.25) is 0 Å². The van der Waals surface area contributed by atoms with Crippen LogP contribution in [0, 0.1) is 17.8 Å². The van der Waals surface area contributed by atoms with Crippen molar-refractivity contribution < 1.29 is 0 Å². The third-order valence-electron chi connectivity index (χ3n) is 3.42. The van der Waals surface area contributed by atoms with Crippen LogP contribution in [0.3, 0.4) is 0 Å². The van der Waals surface area contributed by atoms with Crippen LogP contribution in [0.15, 0.2) is 12.2 Å². The Kier molecular flexibility index (Phi) is 3.37. The Bertz CT molecular complexity index is 157. The quantitative estimate of drug-likeness (QED) is 0.553. The summed E-state index contributed by atoms with van der Waals surface area (Å²) in [6.45, 7) is 10.8. The second-order valence-electron chi connectivity index (χ2n) is 4.54. The van der Waals surface area contributed by atoms with Gasteiger partial charge in [0.05, 0.1) is 0 Å². The highest BCUT2D eigenvalue weighted by Gasteiger charge is 2.35. The van der Waals surface area contributed by atoms with Crippen molar-refractivity contribution in [2.24, 2.45) is 17.8 Å². The van der Waals surface area contributed by atoms with E-state index in [0.29, 0.717) is 0 Å². The Labute approximate surface area is 77.1 Å². The van der Waals surface area contributed by atoms with E-state index in [4.69, 9.17) is 0 Å². The van der Waals surface area contributed by atoms with Gasteiger partial charge in [0.15, 0.2) is 0 Å². The van der Waals surface area contributed by atoms with Crippen LogP contribution in [0.1, 0.15) is 46.5 Å². The zero-order chi connectivity index (χ0) is 9.14. The molecule has 0 aliphatic heterocycles. The highest BCUT2D eigenvalue weighted by atomic mass is 14.4. The fraction of sp³-hybridized carbons (Fsp3) is 0.833. The van der Waals surface area contributed by atoms with Crippen LogP contribution >= 0.6 is 0 Å². The monoisotopic (exact) mass is 166 g/mol. The van der Waals surface area contributed by atoms with Crippen molar-refractivity contribution in [1.29, 1.82) is 0 Å². The van der Waals surface area contributed by atoms with Crippen LogP contribution < -0.4 is 0 Å². The molecule has 0 amide bonds. The molecule has 3 unspecified atom stereocenters. The Balaban J connectivity index is 2.22. The fourth-order valence-corrected chi connectivity index (χ4v) is 2.60. The smallest absolute Gasteiger partial charge is 0.0323 e. The maximum absolute atomic E-state index is 3.96. The summed E-state index contributed by atoms with van der Waals surface area (Å²) in [6.07, 6.45) is 5.47. The lowest BCUT2D eigenvalue weighted by molar-refractivity contribution is 0.0747. The molecule has 12 heavy (non-hydrogen) atoms. The predicted molar refractivity (Wildman–Crippen MR) is 55.1 cm³/mol. The molecule has 1 aliphatic rings. The van der Waals surface area contributed by atoms with E-state index in [-0.39, 0.29) is 0 Å². The van der Waals surface area contributed by atoms with Crippen LogP contribution in [-0.4, -0.2) is 0 Å². The maximum atomic E-state index is 3.96. The number of rotatable bonds is 4. The van der Waals surface area contributed by atoms with Crippen LogP contribution in [-0.2, 0) is 0 Å². The molecule has 0 radical (unpaired) electrons. The first-order valence-electron chi connectivity index (χ1n) is 5.29. The zero-order valence-corrected chi connectivity index (χ0v) is 8.77. The molecule has 1 aliphatic carbocycles. The first-order valence-corrected chi connectivity index (χ1v) is 5.29. The van der Waals surface area contributed by atoms with E-state index in [1.165, 1.54) is 31.3 Å². The van der Waals surface area contributed by atoms with Crippen molar-refractivity contribution in [1.82, 2.24) is 0 Å². The molecule has 3 atom stereocenters. The molecule has 0 saturated heterocycles. The second-order valence-corrected chi connectivity index (χ2v) is 4.54. The van der Waals surface area contributed by atoms with E-state index in [2.05, 4.69) is 27.4 Å². The summed E-state index contributed by atoms with van der Waals surface area (Å²) in [4.78, 5) is 0. The molecule has 0 spiro atoms. The van der Waals surface area contributed by atoms with Crippen molar-refractivity contribution in [2.75, 3.05) is 0 Å². The number of hydrogen-bond donors (Lipinski definition) is 0. The minimum Gasteiger partial charge on any atom is -0.100 e. The predicted octanol–water partition coefficient (Wildman–Crippen LogP) is 4.02. The van der Waals surface area contributed by atoms with E-state index in [1.54, 1.807) is 0 Å². The summed E-state index contributed by atoms with van der Waals surface area (Å²) < 4.78 is 0. The summed E-state index contributed by atoms with van der Waals surface area (Å²) >= 11 is 0. The normalized spacial score (nSPS) is 34.4. The average molecular weight is 166 g/mol. The van der Waals surface area contributed by atoms with Gasteiger partial charge in [-0.25, -0.2) is 0 Å². The SMILES string of the molecule is C=C(C)CCC1CC(C)C1CC. The van der Waals surface area contributed by atoms with Crippen molar-refractivity contribution in [3.8, 4) is 0 Å². The molecule has 0 nitrogen and oxygen atoms in total. The molecule has 0 N–H and O–H groups in total. The van der Waals surface area contributed by atoms with Gasteiger partial charge in [0.25, 0.3) is 0 Å². The van der Waals surface area contributed by atoms with Crippen molar-refractivity contribution in [3.63, 3.8) is 0 Å². The largest absolute Gasteiger partial charge is 0.100 e.